The van der Waals surface area contributed by atoms with Gasteiger partial charge in [0.05, 0.1) is 6.20 Å². The molecule has 0 saturated heterocycles. The molecule has 0 radical (unpaired) electrons. The molecule has 5 heteroatoms. The Bertz CT molecular complexity index is 385. The minimum absolute atomic E-state index is 0.222. The highest BCUT2D eigenvalue weighted by Crippen LogP contribution is 2.45. The second kappa shape index (κ2) is 4.96. The first-order chi connectivity index (χ1) is 8.10. The Morgan fingerprint density at radius 2 is 2.18 bits per heavy atom. The first kappa shape index (κ1) is 12.9. The molecular weight excluding hydrogens is 238 g/mol. The Labute approximate surface area is 107 Å². The third kappa shape index (κ3) is 2.21. The molecule has 1 atom stereocenters. The summed E-state index contributed by atoms with van der Waals surface area (Å²) in [5.74, 6) is 0.627. The van der Waals surface area contributed by atoms with Crippen LogP contribution in [-0.2, 0) is 7.05 Å². The molecule has 0 aromatic carbocycles. The second-order valence-electron chi connectivity index (χ2n) is 5.03. The average molecular weight is 258 g/mol. The summed E-state index contributed by atoms with van der Waals surface area (Å²) < 4.78 is 1.73. The molecule has 96 valence electrons. The van der Waals surface area contributed by atoms with Crippen LogP contribution in [0.15, 0.2) is 6.20 Å². The lowest BCUT2D eigenvalue weighted by atomic mass is 9.70. The van der Waals surface area contributed by atoms with Gasteiger partial charge in [0.2, 0.25) is 0 Å². The lowest BCUT2D eigenvalue weighted by Crippen LogP contribution is -2.39. The van der Waals surface area contributed by atoms with E-state index in [4.69, 9.17) is 17.3 Å². The van der Waals surface area contributed by atoms with Crippen LogP contribution in [0.1, 0.15) is 44.0 Å². The van der Waals surface area contributed by atoms with Gasteiger partial charge in [-0.05, 0) is 12.8 Å². The van der Waals surface area contributed by atoms with Crippen molar-refractivity contribution in [1.29, 1.82) is 0 Å². The molecule has 1 aromatic rings. The van der Waals surface area contributed by atoms with Gasteiger partial charge in [0.15, 0.2) is 0 Å². The number of hydrogen-bond donors (Lipinski definition) is 2. The number of nitrogens with zero attached hydrogens (tertiary/aromatic N) is 2. The summed E-state index contributed by atoms with van der Waals surface area (Å²) >= 11 is 5.96. The van der Waals surface area contributed by atoms with Gasteiger partial charge in [0.1, 0.15) is 17.1 Å². The molecule has 2 rings (SSSR count). The fraction of sp³-hybridized carbons (Fsp3) is 0.750. The van der Waals surface area contributed by atoms with E-state index in [1.54, 1.807) is 10.8 Å². The number of aromatic nitrogens is 2. The zero-order chi connectivity index (χ0) is 12.5. The molecule has 0 spiro atoms. The average Bonchev–Trinajstić information content (AvgIpc) is 2.70. The van der Waals surface area contributed by atoms with Crippen LogP contribution >= 0.6 is 11.6 Å². The van der Waals surface area contributed by atoms with Crippen LogP contribution in [-0.4, -0.2) is 21.2 Å². The molecule has 1 saturated carbocycles. The quantitative estimate of drug-likeness (QED) is 0.871. The number of hydrogen-bond acceptors (Lipinski definition) is 3. The molecule has 0 bridgehead atoms. The van der Waals surface area contributed by atoms with Crippen molar-refractivity contribution in [2.45, 2.75) is 38.2 Å². The number of aliphatic hydroxyl groups excluding tert-OH is 1. The van der Waals surface area contributed by atoms with E-state index in [-0.39, 0.29) is 5.41 Å². The van der Waals surface area contributed by atoms with Crippen molar-refractivity contribution in [3.63, 3.8) is 0 Å². The summed E-state index contributed by atoms with van der Waals surface area (Å²) in [5, 5.41) is 11.1. The van der Waals surface area contributed by atoms with Crippen molar-refractivity contribution in [3.8, 4) is 0 Å². The first-order valence-corrected chi connectivity index (χ1v) is 6.54. The molecular formula is C12H20ClN3O. The highest BCUT2D eigenvalue weighted by Gasteiger charge is 2.40. The smallest absolute Gasteiger partial charge is 0.139 e. The van der Waals surface area contributed by atoms with Crippen molar-refractivity contribution in [2.24, 2.45) is 18.2 Å². The summed E-state index contributed by atoms with van der Waals surface area (Å²) in [4.78, 5) is 4.21. The monoisotopic (exact) mass is 257 g/mol. The van der Waals surface area contributed by atoms with Gasteiger partial charge >= 0.3 is 0 Å². The summed E-state index contributed by atoms with van der Waals surface area (Å²) in [6.45, 7) is 0.499. The molecule has 3 N–H and O–H groups in total. The van der Waals surface area contributed by atoms with Crippen LogP contribution in [0.5, 0.6) is 0 Å². The predicted octanol–water partition coefficient (Wildman–Crippen LogP) is 2.02. The van der Waals surface area contributed by atoms with E-state index in [0.717, 1.165) is 25.7 Å². The SMILES string of the molecule is Cn1c(Cl)cnc1C(O)C1(CN)CCCCC1. The maximum absolute atomic E-state index is 10.6. The van der Waals surface area contributed by atoms with Crippen molar-refractivity contribution in [3.05, 3.63) is 17.2 Å². The minimum atomic E-state index is -0.620. The molecule has 4 nitrogen and oxygen atoms in total. The van der Waals surface area contributed by atoms with E-state index in [9.17, 15) is 5.11 Å². The first-order valence-electron chi connectivity index (χ1n) is 6.16. The van der Waals surface area contributed by atoms with Crippen LogP contribution in [0.2, 0.25) is 5.15 Å². The Kier molecular flexibility index (Phi) is 3.76. The number of halogens is 1. The van der Waals surface area contributed by atoms with E-state index in [0.29, 0.717) is 17.5 Å². The molecule has 0 aliphatic heterocycles. The predicted molar refractivity (Wildman–Crippen MR) is 67.8 cm³/mol. The highest BCUT2D eigenvalue weighted by atomic mass is 35.5. The molecule has 17 heavy (non-hydrogen) atoms. The third-order valence-corrected chi connectivity index (χ3v) is 4.40. The highest BCUT2D eigenvalue weighted by molar-refractivity contribution is 6.29. The number of aliphatic hydroxyl groups is 1. The molecule has 1 aliphatic rings. The van der Waals surface area contributed by atoms with Crippen molar-refractivity contribution in [2.75, 3.05) is 6.54 Å². The van der Waals surface area contributed by atoms with Crippen molar-refractivity contribution in [1.82, 2.24) is 9.55 Å². The van der Waals surface area contributed by atoms with E-state index in [1.807, 2.05) is 7.05 Å². The molecule has 1 fully saturated rings. The largest absolute Gasteiger partial charge is 0.385 e. The minimum Gasteiger partial charge on any atom is -0.385 e. The second-order valence-corrected chi connectivity index (χ2v) is 5.42. The number of rotatable bonds is 3. The maximum Gasteiger partial charge on any atom is 0.139 e. The Balaban J connectivity index is 2.28. The fourth-order valence-corrected chi connectivity index (χ4v) is 2.91. The normalized spacial score (nSPS) is 21.4. The summed E-state index contributed by atoms with van der Waals surface area (Å²) in [6, 6.07) is 0. The van der Waals surface area contributed by atoms with Gasteiger partial charge in [-0.3, -0.25) is 0 Å². The van der Waals surface area contributed by atoms with Gasteiger partial charge in [-0.15, -0.1) is 0 Å². The molecule has 0 amide bonds. The zero-order valence-corrected chi connectivity index (χ0v) is 11.0. The Hall–Kier alpha value is -0.580. The van der Waals surface area contributed by atoms with Crippen LogP contribution in [0.25, 0.3) is 0 Å². The van der Waals surface area contributed by atoms with Crippen LogP contribution < -0.4 is 5.73 Å². The van der Waals surface area contributed by atoms with Gasteiger partial charge in [0.25, 0.3) is 0 Å². The fourth-order valence-electron chi connectivity index (χ4n) is 2.78. The van der Waals surface area contributed by atoms with Crippen molar-refractivity contribution >= 4 is 11.6 Å². The topological polar surface area (TPSA) is 64.1 Å². The van der Waals surface area contributed by atoms with Gasteiger partial charge in [-0.1, -0.05) is 30.9 Å². The van der Waals surface area contributed by atoms with Gasteiger partial charge in [-0.2, -0.15) is 0 Å². The number of imidazole rings is 1. The maximum atomic E-state index is 10.6. The summed E-state index contributed by atoms with van der Waals surface area (Å²) in [7, 11) is 1.82. The van der Waals surface area contributed by atoms with Crippen molar-refractivity contribution < 1.29 is 5.11 Å². The van der Waals surface area contributed by atoms with E-state index in [1.165, 1.54) is 6.42 Å². The lowest BCUT2D eigenvalue weighted by molar-refractivity contribution is -0.00682. The van der Waals surface area contributed by atoms with Crippen LogP contribution in [0, 0.1) is 5.41 Å². The van der Waals surface area contributed by atoms with Crippen LogP contribution in [0.4, 0.5) is 0 Å². The molecule has 1 unspecified atom stereocenters. The van der Waals surface area contributed by atoms with Gasteiger partial charge in [0, 0.05) is 19.0 Å². The van der Waals surface area contributed by atoms with E-state index in [2.05, 4.69) is 4.98 Å². The number of nitrogens with two attached hydrogens (primary N) is 1. The molecule has 1 aromatic heterocycles. The van der Waals surface area contributed by atoms with Gasteiger partial charge in [-0.25, -0.2) is 4.98 Å². The Morgan fingerprint density at radius 1 is 1.53 bits per heavy atom. The molecule has 1 aliphatic carbocycles. The van der Waals surface area contributed by atoms with Crippen LogP contribution in [0.3, 0.4) is 0 Å². The lowest BCUT2D eigenvalue weighted by Gasteiger charge is -2.39. The standard InChI is InChI=1S/C12H20ClN3O/c1-16-9(13)7-15-11(16)10(17)12(8-14)5-3-2-4-6-12/h7,10,17H,2-6,8,14H2,1H3. The molecule has 1 heterocycles. The van der Waals surface area contributed by atoms with E-state index >= 15 is 0 Å². The Morgan fingerprint density at radius 3 is 2.65 bits per heavy atom. The zero-order valence-electron chi connectivity index (χ0n) is 10.2. The summed E-state index contributed by atoms with van der Waals surface area (Å²) in [5.41, 5.74) is 5.68. The third-order valence-electron chi connectivity index (χ3n) is 4.05. The van der Waals surface area contributed by atoms with E-state index < -0.39 is 6.10 Å². The summed E-state index contributed by atoms with van der Waals surface area (Å²) in [6.07, 6.45) is 6.39. The van der Waals surface area contributed by atoms with Gasteiger partial charge < -0.3 is 15.4 Å².